The second-order valence-corrected chi connectivity index (χ2v) is 0.925. The summed E-state index contributed by atoms with van der Waals surface area (Å²) in [4.78, 5) is 9.82. The topological polar surface area (TPSA) is 26.3 Å². The minimum atomic E-state index is -0.211. The van der Waals surface area contributed by atoms with Gasteiger partial charge in [-0.3, -0.25) is 4.79 Å². The molecule has 0 rings (SSSR count). The molecule has 0 aromatic rings. The normalized spacial score (nSPS) is 6.57. The molecule has 0 N–H and O–H groups in total. The van der Waals surface area contributed by atoms with Crippen LogP contribution < -0.4 is 0 Å². The third kappa shape index (κ3) is 10.8. The van der Waals surface area contributed by atoms with Crippen LogP contribution in [0.5, 0.6) is 0 Å². The number of hydrogen-bond acceptors (Lipinski definition) is 2. The Morgan fingerprint density at radius 2 is 2.14 bits per heavy atom. The smallest absolute Gasteiger partial charge is 0.302 e. The molecule has 0 aliphatic carbocycles. The van der Waals surface area contributed by atoms with Gasteiger partial charge in [0.05, 0.1) is 6.61 Å². The highest BCUT2D eigenvalue weighted by atomic mass is 16.5. The Kier molecular flexibility index (Phi) is 7.57. The van der Waals surface area contributed by atoms with Crippen LogP contribution in [0, 0.1) is 7.43 Å². The third-order valence-corrected chi connectivity index (χ3v) is 0.348. The van der Waals surface area contributed by atoms with Crippen LogP contribution in [0.15, 0.2) is 0 Å². The van der Waals surface area contributed by atoms with Crippen molar-refractivity contribution in [2.45, 2.75) is 13.8 Å². The largest absolute Gasteiger partial charge is 0.466 e. The Bertz CT molecular complexity index is 50.0. The first-order chi connectivity index (χ1) is 2.77. The number of carbonyl (C=O) groups excluding carboxylic acids is 1. The van der Waals surface area contributed by atoms with Crippen LogP contribution in [0.2, 0.25) is 0 Å². The summed E-state index contributed by atoms with van der Waals surface area (Å²) in [6.07, 6.45) is 0. The minimum Gasteiger partial charge on any atom is -0.466 e. The van der Waals surface area contributed by atoms with E-state index in [1.165, 1.54) is 6.92 Å². The molecule has 0 bridgehead atoms. The first-order valence-corrected chi connectivity index (χ1v) is 1.90. The summed E-state index contributed by atoms with van der Waals surface area (Å²) in [6.45, 7) is 3.65. The van der Waals surface area contributed by atoms with Gasteiger partial charge in [0, 0.05) is 14.4 Å². The highest BCUT2D eigenvalue weighted by Gasteiger charge is 1.81. The lowest BCUT2D eigenvalue weighted by molar-refractivity contribution is -0.140. The van der Waals surface area contributed by atoms with Crippen molar-refractivity contribution in [1.29, 1.82) is 0 Å². The molecule has 2 heteroatoms. The van der Waals surface area contributed by atoms with Gasteiger partial charge < -0.3 is 4.74 Å². The standard InChI is InChI=1S/C4H8O2.C/c1-3-6-4(2)5;/h3H2,1-2H3;. The van der Waals surface area contributed by atoms with E-state index in [1.54, 1.807) is 6.92 Å². The van der Waals surface area contributed by atoms with Gasteiger partial charge in [-0.05, 0) is 6.92 Å². The molecular weight excluding hydrogens is 92.1 g/mol. The molecule has 0 fully saturated rings. The molecule has 0 unspecified atom stereocenters. The van der Waals surface area contributed by atoms with Crippen LogP contribution in [0.4, 0.5) is 0 Å². The van der Waals surface area contributed by atoms with Gasteiger partial charge in [-0.15, -0.1) is 0 Å². The van der Waals surface area contributed by atoms with Crippen molar-refractivity contribution >= 4 is 5.97 Å². The van der Waals surface area contributed by atoms with Crippen LogP contribution in [-0.4, -0.2) is 12.6 Å². The molecule has 0 aliphatic heterocycles. The predicted octanol–water partition coefficient (Wildman–Crippen LogP) is 0.651. The molecule has 0 aliphatic rings. The molecule has 0 atom stereocenters. The molecular formula is C5H8O2. The molecule has 0 amide bonds. The Morgan fingerprint density at radius 3 is 2.14 bits per heavy atom. The summed E-state index contributed by atoms with van der Waals surface area (Å²) in [5.41, 5.74) is 0. The summed E-state index contributed by atoms with van der Waals surface area (Å²) in [5.74, 6) is -0.211. The summed E-state index contributed by atoms with van der Waals surface area (Å²) < 4.78 is 4.40. The molecule has 40 valence electrons. The molecule has 0 saturated carbocycles. The summed E-state index contributed by atoms with van der Waals surface area (Å²) in [7, 11) is 0. The van der Waals surface area contributed by atoms with Crippen molar-refractivity contribution in [2.75, 3.05) is 6.61 Å². The van der Waals surface area contributed by atoms with Crippen LogP contribution in [0.1, 0.15) is 13.8 Å². The van der Waals surface area contributed by atoms with Gasteiger partial charge in [0.1, 0.15) is 0 Å². The second kappa shape index (κ2) is 5.47. The Morgan fingerprint density at radius 1 is 1.71 bits per heavy atom. The van der Waals surface area contributed by atoms with E-state index in [0.717, 1.165) is 0 Å². The highest BCUT2D eigenvalue weighted by molar-refractivity contribution is 5.65. The van der Waals surface area contributed by atoms with Gasteiger partial charge in [-0.25, -0.2) is 0 Å². The maximum Gasteiger partial charge on any atom is 0.302 e. The third-order valence-electron chi connectivity index (χ3n) is 0.348. The first-order valence-electron chi connectivity index (χ1n) is 1.90. The SMILES string of the molecule is CCOC(C)=O.[C]. The molecule has 0 saturated heterocycles. The van der Waals surface area contributed by atoms with E-state index in [-0.39, 0.29) is 13.4 Å². The Balaban J connectivity index is 0. The van der Waals surface area contributed by atoms with Crippen LogP contribution >= 0.6 is 0 Å². The zero-order chi connectivity index (χ0) is 4.99. The Hall–Kier alpha value is -0.530. The fourth-order valence-electron chi connectivity index (χ4n) is 0.203. The van der Waals surface area contributed by atoms with E-state index in [2.05, 4.69) is 4.74 Å². The van der Waals surface area contributed by atoms with Gasteiger partial charge in [-0.2, -0.15) is 0 Å². The van der Waals surface area contributed by atoms with Crippen molar-refractivity contribution in [2.24, 2.45) is 0 Å². The van der Waals surface area contributed by atoms with E-state index in [0.29, 0.717) is 6.61 Å². The molecule has 0 heterocycles. The zero-order valence-electron chi connectivity index (χ0n) is 4.52. The van der Waals surface area contributed by atoms with Crippen molar-refractivity contribution < 1.29 is 9.53 Å². The minimum absolute atomic E-state index is 0. The van der Waals surface area contributed by atoms with Gasteiger partial charge in [-0.1, -0.05) is 0 Å². The number of ether oxygens (including phenoxy) is 1. The lowest BCUT2D eigenvalue weighted by atomic mass is 10.8. The van der Waals surface area contributed by atoms with E-state index in [9.17, 15) is 4.79 Å². The fraction of sp³-hybridized carbons (Fsp3) is 0.600. The van der Waals surface area contributed by atoms with Crippen molar-refractivity contribution in [3.05, 3.63) is 7.43 Å². The average Bonchev–Trinajstić information content (AvgIpc) is 1.35. The number of rotatable bonds is 1. The summed E-state index contributed by atoms with van der Waals surface area (Å²) >= 11 is 0. The molecule has 0 aromatic heterocycles. The molecule has 7 heavy (non-hydrogen) atoms. The number of hydrogen-bond donors (Lipinski definition) is 0. The molecule has 2 nitrogen and oxygen atoms in total. The number of esters is 1. The fourth-order valence-corrected chi connectivity index (χ4v) is 0.203. The first kappa shape index (κ1) is 9.69. The second-order valence-electron chi connectivity index (χ2n) is 0.925. The summed E-state index contributed by atoms with van der Waals surface area (Å²) in [5, 5.41) is 0. The molecule has 4 radical (unpaired) electrons. The zero-order valence-corrected chi connectivity index (χ0v) is 4.52. The van der Waals surface area contributed by atoms with Crippen molar-refractivity contribution in [3.8, 4) is 0 Å². The molecule has 0 spiro atoms. The number of carbonyl (C=O) groups is 1. The lowest BCUT2D eigenvalue weighted by Crippen LogP contribution is -1.95. The maximum absolute atomic E-state index is 9.82. The average molecular weight is 100 g/mol. The highest BCUT2D eigenvalue weighted by Crippen LogP contribution is 1.69. The van der Waals surface area contributed by atoms with E-state index >= 15 is 0 Å². The Labute approximate surface area is 44.5 Å². The lowest BCUT2D eigenvalue weighted by Gasteiger charge is -1.89. The van der Waals surface area contributed by atoms with Crippen LogP contribution in [-0.2, 0) is 9.53 Å². The van der Waals surface area contributed by atoms with E-state index in [4.69, 9.17) is 0 Å². The van der Waals surface area contributed by atoms with Gasteiger partial charge in [0.2, 0.25) is 0 Å². The monoisotopic (exact) mass is 100 g/mol. The van der Waals surface area contributed by atoms with Gasteiger partial charge in [0.15, 0.2) is 0 Å². The van der Waals surface area contributed by atoms with Crippen LogP contribution in [0.25, 0.3) is 0 Å². The van der Waals surface area contributed by atoms with E-state index < -0.39 is 0 Å². The predicted molar refractivity (Wildman–Crippen MR) is 25.5 cm³/mol. The van der Waals surface area contributed by atoms with E-state index in [1.807, 2.05) is 0 Å². The molecule has 0 aromatic carbocycles. The van der Waals surface area contributed by atoms with Crippen LogP contribution in [0.3, 0.4) is 0 Å². The maximum atomic E-state index is 9.82. The summed E-state index contributed by atoms with van der Waals surface area (Å²) in [6, 6.07) is 0. The van der Waals surface area contributed by atoms with Crippen molar-refractivity contribution in [3.63, 3.8) is 0 Å². The quantitative estimate of drug-likeness (QED) is 0.452. The van der Waals surface area contributed by atoms with Gasteiger partial charge >= 0.3 is 5.97 Å². The van der Waals surface area contributed by atoms with Gasteiger partial charge in [0.25, 0.3) is 0 Å². The van der Waals surface area contributed by atoms with Crippen molar-refractivity contribution in [1.82, 2.24) is 0 Å².